The maximum Gasteiger partial charge on any atom is 0.363 e. The topological polar surface area (TPSA) is 91.0 Å². The van der Waals surface area contributed by atoms with E-state index in [1.807, 2.05) is 0 Å². The van der Waals surface area contributed by atoms with E-state index in [1.165, 1.54) is 31.4 Å². The fraction of sp³-hybridized carbons (Fsp3) is 0.0588. The standard InChI is InChI=1S/C17H11ClN2O5/c1-24-15-7-6-11(20(22)23)9-12(15)16-19-14(17(21)25-16)8-10-4-2-3-5-13(10)18/h2-9H,1H3/b14-8+. The van der Waals surface area contributed by atoms with E-state index in [9.17, 15) is 14.9 Å². The molecule has 1 aliphatic heterocycles. The Balaban J connectivity index is 2.05. The van der Waals surface area contributed by atoms with Gasteiger partial charge in [-0.25, -0.2) is 9.79 Å². The highest BCUT2D eigenvalue weighted by Crippen LogP contribution is 2.29. The smallest absolute Gasteiger partial charge is 0.363 e. The van der Waals surface area contributed by atoms with Crippen LogP contribution in [0.15, 0.2) is 53.2 Å². The number of ether oxygens (including phenoxy) is 2. The summed E-state index contributed by atoms with van der Waals surface area (Å²) in [5.41, 5.74) is 0.689. The van der Waals surface area contributed by atoms with Crippen molar-refractivity contribution in [3.63, 3.8) is 0 Å². The van der Waals surface area contributed by atoms with Gasteiger partial charge in [0, 0.05) is 17.2 Å². The minimum absolute atomic E-state index is 0.0386. The first-order chi connectivity index (χ1) is 12.0. The van der Waals surface area contributed by atoms with Gasteiger partial charge in [-0.1, -0.05) is 29.8 Å². The van der Waals surface area contributed by atoms with Crippen LogP contribution in [0.25, 0.3) is 6.08 Å². The molecule has 0 N–H and O–H groups in total. The number of esters is 1. The van der Waals surface area contributed by atoms with E-state index in [-0.39, 0.29) is 22.8 Å². The lowest BCUT2D eigenvalue weighted by atomic mass is 10.1. The van der Waals surface area contributed by atoms with Crippen molar-refractivity contribution in [3.8, 4) is 5.75 Å². The summed E-state index contributed by atoms with van der Waals surface area (Å²) in [6, 6.07) is 10.9. The maximum absolute atomic E-state index is 12.1. The summed E-state index contributed by atoms with van der Waals surface area (Å²) in [7, 11) is 1.41. The monoisotopic (exact) mass is 358 g/mol. The van der Waals surface area contributed by atoms with Crippen LogP contribution in [-0.4, -0.2) is 23.9 Å². The Morgan fingerprint density at radius 2 is 2.04 bits per heavy atom. The van der Waals surface area contributed by atoms with Gasteiger partial charge < -0.3 is 9.47 Å². The second kappa shape index (κ2) is 6.74. The van der Waals surface area contributed by atoms with Crippen LogP contribution in [0, 0.1) is 10.1 Å². The Hall–Kier alpha value is -3.19. The molecule has 0 fully saturated rings. The van der Waals surface area contributed by atoms with Crippen LogP contribution in [-0.2, 0) is 9.53 Å². The molecular formula is C17H11ClN2O5. The van der Waals surface area contributed by atoms with Crippen LogP contribution in [0.3, 0.4) is 0 Å². The zero-order valence-electron chi connectivity index (χ0n) is 12.9. The Morgan fingerprint density at radius 3 is 2.72 bits per heavy atom. The summed E-state index contributed by atoms with van der Waals surface area (Å²) in [6.45, 7) is 0. The molecule has 0 unspecified atom stereocenters. The predicted molar refractivity (Wildman–Crippen MR) is 91.7 cm³/mol. The number of cyclic esters (lactones) is 1. The van der Waals surface area contributed by atoms with E-state index in [4.69, 9.17) is 21.1 Å². The van der Waals surface area contributed by atoms with Crippen LogP contribution in [0.2, 0.25) is 5.02 Å². The second-order valence-corrected chi connectivity index (χ2v) is 5.41. The number of aliphatic imine (C=N–C) groups is 1. The third-order valence-electron chi connectivity index (χ3n) is 3.44. The van der Waals surface area contributed by atoms with Gasteiger partial charge in [-0.2, -0.15) is 0 Å². The Morgan fingerprint density at radius 1 is 1.28 bits per heavy atom. The first-order valence-corrected chi connectivity index (χ1v) is 7.47. The normalized spacial score (nSPS) is 15.0. The Labute approximate surface area is 147 Å². The molecule has 25 heavy (non-hydrogen) atoms. The lowest BCUT2D eigenvalue weighted by Gasteiger charge is -2.06. The summed E-state index contributed by atoms with van der Waals surface area (Å²) in [4.78, 5) is 26.6. The number of nitrogens with zero attached hydrogens (tertiary/aromatic N) is 2. The van der Waals surface area contributed by atoms with Crippen molar-refractivity contribution in [2.75, 3.05) is 7.11 Å². The van der Waals surface area contributed by atoms with E-state index >= 15 is 0 Å². The number of carbonyl (C=O) groups is 1. The fourth-order valence-electron chi connectivity index (χ4n) is 2.24. The van der Waals surface area contributed by atoms with E-state index in [2.05, 4.69) is 4.99 Å². The number of nitro benzene ring substituents is 1. The molecule has 0 saturated carbocycles. The second-order valence-electron chi connectivity index (χ2n) is 5.00. The molecule has 8 heteroatoms. The quantitative estimate of drug-likeness (QED) is 0.360. The molecule has 3 rings (SSSR count). The van der Waals surface area contributed by atoms with E-state index < -0.39 is 10.9 Å². The highest BCUT2D eigenvalue weighted by atomic mass is 35.5. The maximum atomic E-state index is 12.1. The van der Waals surface area contributed by atoms with Crippen LogP contribution >= 0.6 is 11.6 Å². The molecule has 0 spiro atoms. The van der Waals surface area contributed by atoms with Crippen LogP contribution in [0.5, 0.6) is 5.75 Å². The number of hydrogen-bond acceptors (Lipinski definition) is 6. The first-order valence-electron chi connectivity index (χ1n) is 7.09. The largest absolute Gasteiger partial charge is 0.496 e. The minimum atomic E-state index is -0.677. The Kier molecular flexibility index (Phi) is 4.49. The average molecular weight is 359 g/mol. The zero-order chi connectivity index (χ0) is 18.0. The summed E-state index contributed by atoms with van der Waals surface area (Å²) < 4.78 is 10.3. The summed E-state index contributed by atoms with van der Waals surface area (Å²) in [6.07, 6.45) is 1.49. The highest BCUT2D eigenvalue weighted by Gasteiger charge is 2.28. The van der Waals surface area contributed by atoms with Crippen molar-refractivity contribution in [2.24, 2.45) is 4.99 Å². The molecule has 2 aromatic carbocycles. The number of non-ortho nitro benzene ring substituents is 1. The summed E-state index contributed by atoms with van der Waals surface area (Å²) >= 11 is 6.07. The molecule has 0 bridgehead atoms. The van der Waals surface area contributed by atoms with Gasteiger partial charge in [0.15, 0.2) is 5.70 Å². The van der Waals surface area contributed by atoms with Gasteiger partial charge in [-0.05, 0) is 23.8 Å². The van der Waals surface area contributed by atoms with Crippen LogP contribution in [0.1, 0.15) is 11.1 Å². The van der Waals surface area contributed by atoms with Crippen molar-refractivity contribution < 1.29 is 19.2 Å². The first kappa shape index (κ1) is 16.7. The lowest BCUT2D eigenvalue weighted by Crippen LogP contribution is -2.07. The molecular weight excluding hydrogens is 348 g/mol. The van der Waals surface area contributed by atoms with Gasteiger partial charge in [0.2, 0.25) is 5.90 Å². The molecule has 0 amide bonds. The molecule has 126 valence electrons. The molecule has 0 saturated heterocycles. The zero-order valence-corrected chi connectivity index (χ0v) is 13.7. The average Bonchev–Trinajstić information content (AvgIpc) is 2.97. The molecule has 0 atom stereocenters. The minimum Gasteiger partial charge on any atom is -0.496 e. The number of rotatable bonds is 4. The van der Waals surface area contributed by atoms with Gasteiger partial charge in [-0.15, -0.1) is 0 Å². The van der Waals surface area contributed by atoms with Crippen molar-refractivity contribution >= 4 is 35.2 Å². The highest BCUT2D eigenvalue weighted by molar-refractivity contribution is 6.32. The number of methoxy groups -OCH3 is 1. The molecule has 1 heterocycles. The fourth-order valence-corrected chi connectivity index (χ4v) is 2.43. The number of carbonyl (C=O) groups excluding carboxylic acids is 1. The van der Waals surface area contributed by atoms with E-state index in [0.717, 1.165) is 0 Å². The van der Waals surface area contributed by atoms with E-state index in [0.29, 0.717) is 16.3 Å². The SMILES string of the molecule is COc1ccc([N+](=O)[O-])cc1C1=N/C(=C/c2ccccc2Cl)C(=O)O1. The molecule has 0 aromatic heterocycles. The molecule has 0 aliphatic carbocycles. The third-order valence-corrected chi connectivity index (χ3v) is 3.79. The molecule has 7 nitrogen and oxygen atoms in total. The van der Waals surface area contributed by atoms with Crippen molar-refractivity contribution in [2.45, 2.75) is 0 Å². The van der Waals surface area contributed by atoms with Crippen LogP contribution < -0.4 is 4.74 Å². The summed E-state index contributed by atoms with van der Waals surface area (Å²) in [5.74, 6) is -0.441. The van der Waals surface area contributed by atoms with Gasteiger partial charge in [0.25, 0.3) is 5.69 Å². The van der Waals surface area contributed by atoms with Crippen molar-refractivity contribution in [1.29, 1.82) is 0 Å². The van der Waals surface area contributed by atoms with E-state index in [1.54, 1.807) is 24.3 Å². The van der Waals surface area contributed by atoms with Crippen molar-refractivity contribution in [3.05, 3.63) is 74.4 Å². The predicted octanol–water partition coefficient (Wildman–Crippen LogP) is 3.60. The summed E-state index contributed by atoms with van der Waals surface area (Å²) in [5, 5.41) is 11.4. The third kappa shape index (κ3) is 3.36. The van der Waals surface area contributed by atoms with Crippen molar-refractivity contribution in [1.82, 2.24) is 0 Å². The molecule has 1 aliphatic rings. The van der Waals surface area contributed by atoms with Gasteiger partial charge in [-0.3, -0.25) is 10.1 Å². The number of nitro groups is 1. The van der Waals surface area contributed by atoms with Crippen LogP contribution in [0.4, 0.5) is 5.69 Å². The van der Waals surface area contributed by atoms with Gasteiger partial charge >= 0.3 is 5.97 Å². The Bertz CT molecular complexity index is 936. The molecule has 2 aromatic rings. The number of halogens is 1. The molecule has 0 radical (unpaired) electrons. The number of benzene rings is 2. The number of hydrogen-bond donors (Lipinski definition) is 0. The van der Waals surface area contributed by atoms with Gasteiger partial charge in [0.05, 0.1) is 17.6 Å². The van der Waals surface area contributed by atoms with Gasteiger partial charge in [0.1, 0.15) is 5.75 Å². The lowest BCUT2D eigenvalue weighted by molar-refractivity contribution is -0.384.